The highest BCUT2D eigenvalue weighted by Crippen LogP contribution is 1.98. The van der Waals surface area contributed by atoms with Crippen molar-refractivity contribution in [3.8, 4) is 0 Å². The van der Waals surface area contributed by atoms with E-state index in [0.717, 1.165) is 6.92 Å². The van der Waals surface area contributed by atoms with E-state index < -0.39 is 17.7 Å². The van der Waals surface area contributed by atoms with Gasteiger partial charge in [-0.15, -0.1) is 0 Å². The minimum absolute atomic E-state index is 0.952. The lowest BCUT2D eigenvalue weighted by molar-refractivity contribution is -0.134. The highest BCUT2D eigenvalue weighted by atomic mass is 16.6. The lowest BCUT2D eigenvalue weighted by Crippen LogP contribution is -2.53. The maximum atomic E-state index is 10.3. The summed E-state index contributed by atoms with van der Waals surface area (Å²) in [6.45, 7) is 1.14. The first-order chi connectivity index (χ1) is 4.36. The predicted octanol–water partition coefficient (Wildman–Crippen LogP) is -1.76. The third kappa shape index (κ3) is 2.31. The van der Waals surface area contributed by atoms with E-state index in [2.05, 4.69) is 10.5 Å². The third-order valence-electron chi connectivity index (χ3n) is 0.802. The van der Waals surface area contributed by atoms with Crippen molar-refractivity contribution in [2.24, 2.45) is 17.2 Å². The van der Waals surface area contributed by atoms with E-state index in [-0.39, 0.29) is 0 Å². The number of hydrogen-bond acceptors (Lipinski definition) is 4. The Kier molecular flexibility index (Phi) is 2.20. The molecule has 0 aliphatic heterocycles. The zero-order valence-electron chi connectivity index (χ0n) is 5.46. The maximum absolute atomic E-state index is 10.3. The van der Waals surface area contributed by atoms with E-state index in [9.17, 15) is 9.59 Å². The number of amides is 2. The quantitative estimate of drug-likeness (QED) is 0.400. The van der Waals surface area contributed by atoms with Crippen LogP contribution in [0.4, 0.5) is 4.79 Å². The summed E-state index contributed by atoms with van der Waals surface area (Å²) in [5.74, 6) is -0.952. The Morgan fingerprint density at radius 1 is 1.40 bits per heavy atom. The molecule has 6 heteroatoms. The van der Waals surface area contributed by atoms with E-state index in [1.165, 1.54) is 0 Å². The summed E-state index contributed by atoms with van der Waals surface area (Å²) in [4.78, 5) is 20.4. The number of nitrogens with two attached hydrogens (primary N) is 3. The van der Waals surface area contributed by atoms with Crippen molar-refractivity contribution in [2.45, 2.75) is 12.6 Å². The van der Waals surface area contributed by atoms with Crippen molar-refractivity contribution >= 4 is 12.0 Å². The summed E-state index contributed by atoms with van der Waals surface area (Å²) in [7, 11) is 0. The van der Waals surface area contributed by atoms with E-state index >= 15 is 0 Å². The molecule has 1 atom stereocenters. The molecule has 0 aliphatic rings. The van der Waals surface area contributed by atoms with E-state index in [4.69, 9.17) is 11.5 Å². The second-order valence-electron chi connectivity index (χ2n) is 1.89. The van der Waals surface area contributed by atoms with Gasteiger partial charge in [-0.25, -0.2) is 4.79 Å². The molecule has 0 saturated carbocycles. The molecule has 58 valence electrons. The largest absolute Gasteiger partial charge is 0.419 e. The van der Waals surface area contributed by atoms with Crippen molar-refractivity contribution in [2.75, 3.05) is 0 Å². The Bertz CT molecular complexity index is 165. The normalized spacial score (nSPS) is 15.4. The van der Waals surface area contributed by atoms with Gasteiger partial charge in [-0.05, 0) is 6.92 Å². The van der Waals surface area contributed by atoms with Gasteiger partial charge in [0, 0.05) is 0 Å². The minimum Gasteiger partial charge on any atom is -0.419 e. The number of carbonyl (C=O) groups is 2. The van der Waals surface area contributed by atoms with Gasteiger partial charge < -0.3 is 16.2 Å². The molecule has 0 radical (unpaired) electrons. The second kappa shape index (κ2) is 2.53. The molecular formula is C4H9N3O3. The second-order valence-corrected chi connectivity index (χ2v) is 1.89. The van der Waals surface area contributed by atoms with Crippen LogP contribution in [0.5, 0.6) is 0 Å². The van der Waals surface area contributed by atoms with Gasteiger partial charge in [0.2, 0.25) is 5.72 Å². The van der Waals surface area contributed by atoms with Crippen LogP contribution >= 0.6 is 0 Å². The molecule has 0 aromatic heterocycles. The van der Waals surface area contributed by atoms with Crippen LogP contribution in [-0.2, 0) is 9.53 Å². The van der Waals surface area contributed by atoms with Crippen LogP contribution in [0.1, 0.15) is 6.92 Å². The van der Waals surface area contributed by atoms with E-state index in [0.29, 0.717) is 0 Å². The molecule has 10 heavy (non-hydrogen) atoms. The monoisotopic (exact) mass is 147 g/mol. The summed E-state index contributed by atoms with van der Waals surface area (Å²) in [6.07, 6.45) is -1.14. The Hall–Kier alpha value is -1.30. The Morgan fingerprint density at radius 3 is 1.90 bits per heavy atom. The number of hydrogen-bond donors (Lipinski definition) is 3. The molecule has 2 amide bonds. The first-order valence-corrected chi connectivity index (χ1v) is 2.43. The number of carbonyl (C=O) groups excluding carboxylic acids is 2. The first kappa shape index (κ1) is 8.70. The third-order valence-corrected chi connectivity index (χ3v) is 0.802. The van der Waals surface area contributed by atoms with Gasteiger partial charge in [0.15, 0.2) is 0 Å². The number of rotatable bonds is 2. The summed E-state index contributed by atoms with van der Waals surface area (Å²) >= 11 is 0. The van der Waals surface area contributed by atoms with Crippen molar-refractivity contribution in [3.63, 3.8) is 0 Å². The minimum atomic E-state index is -1.81. The summed E-state index contributed by atoms with van der Waals surface area (Å²) in [5.41, 5.74) is 12.5. The lowest BCUT2D eigenvalue weighted by atomic mass is 10.3. The fourth-order valence-electron chi connectivity index (χ4n) is 0.259. The molecule has 0 aliphatic carbocycles. The predicted molar refractivity (Wildman–Crippen MR) is 32.5 cm³/mol. The van der Waals surface area contributed by atoms with Crippen LogP contribution in [0.2, 0.25) is 0 Å². The van der Waals surface area contributed by atoms with Crippen LogP contribution < -0.4 is 17.2 Å². The summed E-state index contributed by atoms with van der Waals surface area (Å²) < 4.78 is 4.14. The molecular weight excluding hydrogens is 138 g/mol. The Labute approximate surface area is 57.3 Å². The average Bonchev–Trinajstić information content (AvgIpc) is 1.60. The molecule has 6 N–H and O–H groups in total. The molecule has 0 bridgehead atoms. The van der Waals surface area contributed by atoms with Gasteiger partial charge >= 0.3 is 6.09 Å². The smallest absolute Gasteiger partial charge is 0.406 e. The van der Waals surface area contributed by atoms with Gasteiger partial charge in [0.1, 0.15) is 0 Å². The van der Waals surface area contributed by atoms with E-state index in [1.54, 1.807) is 0 Å². The Morgan fingerprint density at radius 2 is 1.80 bits per heavy atom. The average molecular weight is 147 g/mol. The van der Waals surface area contributed by atoms with Crippen LogP contribution in [0, 0.1) is 0 Å². The molecule has 0 rings (SSSR count). The Balaban J connectivity index is 4.13. The van der Waals surface area contributed by atoms with Crippen molar-refractivity contribution in [1.29, 1.82) is 0 Å². The van der Waals surface area contributed by atoms with Crippen LogP contribution in [-0.4, -0.2) is 17.7 Å². The fourth-order valence-corrected chi connectivity index (χ4v) is 0.259. The molecule has 0 aromatic rings. The first-order valence-electron chi connectivity index (χ1n) is 2.43. The molecule has 0 heterocycles. The number of primary amides is 2. The highest BCUT2D eigenvalue weighted by Gasteiger charge is 2.29. The van der Waals surface area contributed by atoms with Crippen molar-refractivity contribution < 1.29 is 14.3 Å². The summed E-state index contributed by atoms with van der Waals surface area (Å²) in [6, 6.07) is 0. The highest BCUT2D eigenvalue weighted by molar-refractivity contribution is 5.84. The van der Waals surface area contributed by atoms with Crippen LogP contribution in [0.3, 0.4) is 0 Å². The van der Waals surface area contributed by atoms with Crippen molar-refractivity contribution in [3.05, 3.63) is 0 Å². The zero-order chi connectivity index (χ0) is 8.36. The number of ether oxygens (including phenoxy) is 1. The zero-order valence-corrected chi connectivity index (χ0v) is 5.46. The molecule has 0 aromatic carbocycles. The van der Waals surface area contributed by atoms with Gasteiger partial charge in [-0.2, -0.15) is 0 Å². The van der Waals surface area contributed by atoms with Crippen LogP contribution in [0.15, 0.2) is 0 Å². The molecule has 1 unspecified atom stereocenters. The topological polar surface area (TPSA) is 121 Å². The molecule has 6 nitrogen and oxygen atoms in total. The molecule has 0 spiro atoms. The van der Waals surface area contributed by atoms with Gasteiger partial charge in [0.05, 0.1) is 0 Å². The fraction of sp³-hybridized carbons (Fsp3) is 0.500. The van der Waals surface area contributed by atoms with Crippen LogP contribution in [0.25, 0.3) is 0 Å². The summed E-state index contributed by atoms with van der Waals surface area (Å²) in [5, 5.41) is 0. The standard InChI is InChI=1S/C4H9N3O3/c1-4(7,2(5)8)10-3(6)9/h7H2,1H3,(H2,5,8)(H2,6,9). The maximum Gasteiger partial charge on any atom is 0.406 e. The van der Waals surface area contributed by atoms with E-state index in [1.807, 2.05) is 0 Å². The van der Waals surface area contributed by atoms with Gasteiger partial charge in [-0.3, -0.25) is 10.5 Å². The van der Waals surface area contributed by atoms with Crippen molar-refractivity contribution in [1.82, 2.24) is 0 Å². The molecule has 0 saturated heterocycles. The molecule has 0 fully saturated rings. The van der Waals surface area contributed by atoms with Gasteiger partial charge in [0.25, 0.3) is 5.91 Å². The lowest BCUT2D eigenvalue weighted by Gasteiger charge is -2.18. The SMILES string of the molecule is CC(N)(OC(N)=O)C(N)=O. The van der Waals surface area contributed by atoms with Gasteiger partial charge in [-0.1, -0.05) is 0 Å².